The normalized spacial score (nSPS) is 16.3. The third-order valence-corrected chi connectivity index (χ3v) is 2.89. The number of hydrogen-bond donors (Lipinski definition) is 1. The van der Waals surface area contributed by atoms with E-state index in [0.717, 1.165) is 24.6 Å². The molecule has 1 aliphatic heterocycles. The number of amidine groups is 1. The van der Waals surface area contributed by atoms with Crippen LogP contribution in [0.4, 0.5) is 11.4 Å². The number of non-ortho nitro benzene ring substituents is 1. The minimum Gasteiger partial charge on any atom is -0.378 e. The van der Waals surface area contributed by atoms with Crippen LogP contribution in [0.25, 0.3) is 0 Å². The second-order valence-corrected chi connectivity index (χ2v) is 4.17. The van der Waals surface area contributed by atoms with Gasteiger partial charge in [-0.25, -0.2) is 0 Å². The van der Waals surface area contributed by atoms with Gasteiger partial charge < -0.3 is 9.64 Å². The molecular formula is C12H16N4O3. The van der Waals surface area contributed by atoms with Crippen LogP contribution in [0.5, 0.6) is 0 Å². The maximum absolute atomic E-state index is 10.5. The van der Waals surface area contributed by atoms with Gasteiger partial charge in [-0.3, -0.25) is 15.5 Å². The van der Waals surface area contributed by atoms with Gasteiger partial charge >= 0.3 is 0 Å². The number of benzene rings is 1. The number of nitro benzene ring substituents is 1. The Labute approximate surface area is 111 Å². The second kappa shape index (κ2) is 6.14. The molecule has 1 aromatic rings. The molecule has 19 heavy (non-hydrogen) atoms. The van der Waals surface area contributed by atoms with Gasteiger partial charge in [0, 0.05) is 25.2 Å². The predicted octanol–water partition coefficient (Wildman–Crippen LogP) is 1.67. The van der Waals surface area contributed by atoms with Crippen LogP contribution in [0, 0.1) is 10.1 Å². The molecular weight excluding hydrogens is 248 g/mol. The smallest absolute Gasteiger partial charge is 0.269 e. The quantitative estimate of drug-likeness (QED) is 0.389. The molecule has 0 saturated carbocycles. The van der Waals surface area contributed by atoms with E-state index in [4.69, 9.17) is 4.74 Å². The Morgan fingerprint density at radius 3 is 2.58 bits per heavy atom. The van der Waals surface area contributed by atoms with Crippen LogP contribution in [0.3, 0.4) is 0 Å². The summed E-state index contributed by atoms with van der Waals surface area (Å²) < 4.78 is 5.27. The summed E-state index contributed by atoms with van der Waals surface area (Å²) in [6, 6.07) is 6.16. The van der Waals surface area contributed by atoms with Crippen molar-refractivity contribution in [2.24, 2.45) is 5.10 Å². The van der Waals surface area contributed by atoms with Gasteiger partial charge in [0.05, 0.1) is 23.8 Å². The summed E-state index contributed by atoms with van der Waals surface area (Å²) in [4.78, 5) is 12.2. The van der Waals surface area contributed by atoms with E-state index < -0.39 is 4.92 Å². The molecule has 0 radical (unpaired) electrons. The molecule has 7 heteroatoms. The molecule has 0 unspecified atom stereocenters. The molecule has 1 saturated heterocycles. The first kappa shape index (κ1) is 13.3. The number of nitrogens with zero attached hydrogens (tertiary/aromatic N) is 3. The molecule has 0 aliphatic carbocycles. The maximum atomic E-state index is 10.5. The Hall–Kier alpha value is -2.15. The number of nitro groups is 1. The third kappa shape index (κ3) is 3.65. The minimum atomic E-state index is -0.425. The molecule has 0 bridgehead atoms. The standard InChI is InChI=1S/C12H16N4O3/c1-10(15-6-8-19-9-7-15)13-14-11-2-4-12(5-3-11)16(17)18/h2-5,14H,6-9H2,1H3. The molecule has 2 rings (SSSR count). The Bertz CT molecular complexity index is 466. The number of morpholine rings is 1. The lowest BCUT2D eigenvalue weighted by atomic mass is 10.3. The van der Waals surface area contributed by atoms with Gasteiger partial charge in [0.2, 0.25) is 0 Å². The van der Waals surface area contributed by atoms with E-state index in [-0.39, 0.29) is 5.69 Å². The number of anilines is 1. The zero-order valence-corrected chi connectivity index (χ0v) is 10.7. The van der Waals surface area contributed by atoms with Crippen LogP contribution in [0.1, 0.15) is 6.92 Å². The summed E-state index contributed by atoms with van der Waals surface area (Å²) in [6.45, 7) is 5.01. The van der Waals surface area contributed by atoms with Crippen molar-refractivity contribution in [2.75, 3.05) is 31.7 Å². The second-order valence-electron chi connectivity index (χ2n) is 4.17. The summed E-state index contributed by atoms with van der Waals surface area (Å²) in [5.74, 6) is 0.877. The summed E-state index contributed by atoms with van der Waals surface area (Å²) in [7, 11) is 0. The number of hydrogen-bond acceptors (Lipinski definition) is 5. The van der Waals surface area contributed by atoms with Crippen molar-refractivity contribution in [1.29, 1.82) is 0 Å². The number of nitrogens with one attached hydrogen (secondary N) is 1. The Morgan fingerprint density at radius 1 is 1.37 bits per heavy atom. The number of hydrazone groups is 1. The molecule has 0 spiro atoms. The van der Waals surface area contributed by atoms with Crippen LogP contribution in [0.2, 0.25) is 0 Å². The summed E-state index contributed by atoms with van der Waals surface area (Å²) in [5, 5.41) is 14.8. The first-order valence-corrected chi connectivity index (χ1v) is 6.04. The fraction of sp³-hybridized carbons (Fsp3) is 0.417. The highest BCUT2D eigenvalue weighted by atomic mass is 16.6. The molecule has 7 nitrogen and oxygen atoms in total. The zero-order chi connectivity index (χ0) is 13.7. The van der Waals surface area contributed by atoms with Gasteiger partial charge in [-0.05, 0) is 19.1 Å². The van der Waals surface area contributed by atoms with Crippen LogP contribution >= 0.6 is 0 Å². The van der Waals surface area contributed by atoms with Crippen LogP contribution < -0.4 is 5.43 Å². The highest BCUT2D eigenvalue weighted by molar-refractivity contribution is 5.80. The Kier molecular flexibility index (Phi) is 4.30. The molecule has 0 amide bonds. The fourth-order valence-electron chi connectivity index (χ4n) is 1.76. The largest absolute Gasteiger partial charge is 0.378 e. The van der Waals surface area contributed by atoms with Crippen molar-refractivity contribution in [2.45, 2.75) is 6.92 Å². The van der Waals surface area contributed by atoms with Gasteiger partial charge in [-0.2, -0.15) is 5.10 Å². The average Bonchev–Trinajstić information content (AvgIpc) is 2.46. The first-order valence-electron chi connectivity index (χ1n) is 6.04. The zero-order valence-electron chi connectivity index (χ0n) is 10.7. The third-order valence-electron chi connectivity index (χ3n) is 2.89. The summed E-state index contributed by atoms with van der Waals surface area (Å²) in [5.41, 5.74) is 3.68. The first-order chi connectivity index (χ1) is 9.16. The predicted molar refractivity (Wildman–Crippen MR) is 72.2 cm³/mol. The van der Waals surface area contributed by atoms with Crippen molar-refractivity contribution in [3.05, 3.63) is 34.4 Å². The van der Waals surface area contributed by atoms with E-state index in [0.29, 0.717) is 13.2 Å². The van der Waals surface area contributed by atoms with E-state index in [9.17, 15) is 10.1 Å². The lowest BCUT2D eigenvalue weighted by molar-refractivity contribution is -0.384. The van der Waals surface area contributed by atoms with Gasteiger partial charge in [0.1, 0.15) is 5.84 Å². The highest BCUT2D eigenvalue weighted by Crippen LogP contribution is 2.15. The van der Waals surface area contributed by atoms with Crippen molar-refractivity contribution in [3.8, 4) is 0 Å². The van der Waals surface area contributed by atoms with Crippen molar-refractivity contribution in [1.82, 2.24) is 4.90 Å². The van der Waals surface area contributed by atoms with E-state index >= 15 is 0 Å². The minimum absolute atomic E-state index is 0.0689. The lowest BCUT2D eigenvalue weighted by Crippen LogP contribution is -2.39. The number of rotatable bonds is 3. The molecule has 1 heterocycles. The van der Waals surface area contributed by atoms with E-state index in [1.165, 1.54) is 12.1 Å². The van der Waals surface area contributed by atoms with Crippen LogP contribution in [-0.4, -0.2) is 42.0 Å². The van der Waals surface area contributed by atoms with Gasteiger partial charge in [-0.1, -0.05) is 0 Å². The average molecular weight is 264 g/mol. The Morgan fingerprint density at radius 2 is 2.00 bits per heavy atom. The van der Waals surface area contributed by atoms with Gasteiger partial charge in [0.25, 0.3) is 5.69 Å². The van der Waals surface area contributed by atoms with E-state index in [1.54, 1.807) is 12.1 Å². The maximum Gasteiger partial charge on any atom is 0.269 e. The molecule has 1 aromatic carbocycles. The molecule has 0 aromatic heterocycles. The highest BCUT2D eigenvalue weighted by Gasteiger charge is 2.11. The van der Waals surface area contributed by atoms with Crippen molar-refractivity contribution in [3.63, 3.8) is 0 Å². The van der Waals surface area contributed by atoms with Gasteiger partial charge in [0.15, 0.2) is 0 Å². The molecule has 1 aliphatic rings. The van der Waals surface area contributed by atoms with Crippen LogP contribution in [-0.2, 0) is 4.74 Å². The lowest BCUT2D eigenvalue weighted by Gasteiger charge is -2.28. The molecule has 1 fully saturated rings. The molecule has 1 N–H and O–H groups in total. The van der Waals surface area contributed by atoms with E-state index in [2.05, 4.69) is 15.4 Å². The summed E-state index contributed by atoms with van der Waals surface area (Å²) in [6.07, 6.45) is 0. The Balaban J connectivity index is 1.94. The topological polar surface area (TPSA) is 80.0 Å². The van der Waals surface area contributed by atoms with Crippen LogP contribution in [0.15, 0.2) is 29.4 Å². The SMILES string of the molecule is CC(=NNc1ccc([N+](=O)[O-])cc1)N1CCOCC1. The monoisotopic (exact) mass is 264 g/mol. The van der Waals surface area contributed by atoms with Gasteiger partial charge in [-0.15, -0.1) is 0 Å². The molecule has 0 atom stereocenters. The van der Waals surface area contributed by atoms with Crippen molar-refractivity contribution >= 4 is 17.2 Å². The van der Waals surface area contributed by atoms with E-state index in [1.807, 2.05) is 6.92 Å². The molecule has 102 valence electrons. The fourth-order valence-corrected chi connectivity index (χ4v) is 1.76. The number of ether oxygens (including phenoxy) is 1. The summed E-state index contributed by atoms with van der Waals surface area (Å²) >= 11 is 0. The van der Waals surface area contributed by atoms with Crippen molar-refractivity contribution < 1.29 is 9.66 Å².